The maximum atomic E-state index is 10.1. The van der Waals surface area contributed by atoms with Crippen LogP contribution in [0.1, 0.15) is 182 Å². The van der Waals surface area contributed by atoms with Crippen molar-refractivity contribution in [3.8, 4) is 5.75 Å². The predicted molar refractivity (Wildman–Crippen MR) is 320 cm³/mol. The van der Waals surface area contributed by atoms with Crippen molar-refractivity contribution in [3.05, 3.63) is 216 Å². The Morgan fingerprint density at radius 3 is 1.14 bits per heavy atom. The molecular formula is C70H98O2. The predicted octanol–water partition coefficient (Wildman–Crippen LogP) is 20.2. The van der Waals surface area contributed by atoms with Crippen molar-refractivity contribution in [2.75, 3.05) is 6.61 Å². The Balaban J connectivity index is 0.000000303. The summed E-state index contributed by atoms with van der Waals surface area (Å²) < 4.78 is 5.77. The molecule has 0 radical (unpaired) electrons. The second-order valence-corrected chi connectivity index (χ2v) is 22.5. The Kier molecular flexibility index (Phi) is 26.0. The van der Waals surface area contributed by atoms with Gasteiger partial charge in [0.15, 0.2) is 0 Å². The first-order valence-corrected chi connectivity index (χ1v) is 26.7. The number of fused-ring (bicyclic) bond motifs is 1. The lowest BCUT2D eigenvalue weighted by Crippen LogP contribution is -2.18. The first kappa shape index (κ1) is 62.7. The van der Waals surface area contributed by atoms with E-state index in [9.17, 15) is 5.11 Å². The molecule has 0 aliphatic carbocycles. The highest BCUT2D eigenvalue weighted by Crippen LogP contribution is 2.33. The fourth-order valence-electron chi connectivity index (χ4n) is 8.71. The van der Waals surface area contributed by atoms with E-state index in [2.05, 4.69) is 260 Å². The molecule has 1 unspecified atom stereocenters. The van der Waals surface area contributed by atoms with Gasteiger partial charge in [0, 0.05) is 0 Å². The van der Waals surface area contributed by atoms with Crippen molar-refractivity contribution < 1.29 is 9.84 Å². The monoisotopic (exact) mass is 971 g/mol. The SMILES string of the molecule is CCCCOc1cc(C)c(C(O)CCC)cc1C.Cc1cc(C(C)(C)C)c(C)cc1C(C)(C)C.Cc1cc(C)c(C)cc1C.Cc1cccc(C)c1.Cc1cccc2c(C)cccc12.Cc1ccccc1C. The normalized spacial score (nSPS) is 11.2. The molecule has 0 amide bonds. The van der Waals surface area contributed by atoms with Gasteiger partial charge in [-0.05, 0) is 227 Å². The molecule has 390 valence electrons. The molecule has 0 aliphatic rings. The second kappa shape index (κ2) is 29.9. The minimum atomic E-state index is -0.349. The van der Waals surface area contributed by atoms with E-state index in [0.29, 0.717) is 0 Å². The van der Waals surface area contributed by atoms with Gasteiger partial charge in [0.05, 0.1) is 12.7 Å². The molecule has 0 heterocycles. The Bertz CT molecular complexity index is 2560. The van der Waals surface area contributed by atoms with Crippen molar-refractivity contribution in [1.29, 1.82) is 0 Å². The highest BCUT2D eigenvalue weighted by atomic mass is 16.5. The molecule has 0 aliphatic heterocycles. The van der Waals surface area contributed by atoms with Gasteiger partial charge in [-0.2, -0.15) is 0 Å². The third-order valence-corrected chi connectivity index (χ3v) is 13.5. The van der Waals surface area contributed by atoms with Crippen molar-refractivity contribution in [3.63, 3.8) is 0 Å². The van der Waals surface area contributed by atoms with Crippen LogP contribution in [0.15, 0.2) is 121 Å². The molecule has 1 atom stereocenters. The van der Waals surface area contributed by atoms with Gasteiger partial charge in [-0.25, -0.2) is 0 Å². The van der Waals surface area contributed by atoms with Crippen LogP contribution in [0.4, 0.5) is 0 Å². The van der Waals surface area contributed by atoms with Crippen LogP contribution in [0.25, 0.3) is 10.8 Å². The van der Waals surface area contributed by atoms with Crippen LogP contribution >= 0.6 is 0 Å². The van der Waals surface area contributed by atoms with Crippen LogP contribution < -0.4 is 4.74 Å². The number of aliphatic hydroxyl groups excluding tert-OH is 1. The Labute approximate surface area is 441 Å². The second-order valence-electron chi connectivity index (χ2n) is 22.5. The number of benzene rings is 7. The van der Waals surface area contributed by atoms with Gasteiger partial charge < -0.3 is 9.84 Å². The fourth-order valence-corrected chi connectivity index (χ4v) is 8.71. The molecule has 0 saturated heterocycles. The largest absolute Gasteiger partial charge is 0.493 e. The lowest BCUT2D eigenvalue weighted by Gasteiger charge is -2.28. The standard InChI is InChI=1S/C16H26O2.C16H26.C12H12.C10H14.2C8H10/c1-5-7-9-18-16-11-12(3)14(10-13(16)4)15(17)8-6-2;1-11-9-14(16(6,7)8)12(2)10-13(11)15(3,4)5;1-9-5-3-8-12-10(2)6-4-7-11(9)12;1-7-5-9(3)10(4)6-8(7)2;1-7-4-3-5-8(2)6-7;1-7-5-3-4-6-8(7)2/h10-11,15,17H,5-9H2,1-4H3;9-10H,1-8H3;3-8H,1-2H3;5-6H,1-4H3;2*3-6H,1-2H3. The van der Waals surface area contributed by atoms with E-state index in [1.165, 1.54) is 88.7 Å². The lowest BCUT2D eigenvalue weighted by atomic mass is 9.77. The van der Waals surface area contributed by atoms with E-state index in [1.54, 1.807) is 0 Å². The van der Waals surface area contributed by atoms with Gasteiger partial charge in [0.1, 0.15) is 5.75 Å². The zero-order chi connectivity index (χ0) is 54.5. The molecule has 2 nitrogen and oxygen atoms in total. The highest BCUT2D eigenvalue weighted by molar-refractivity contribution is 5.88. The van der Waals surface area contributed by atoms with Gasteiger partial charge in [-0.1, -0.05) is 189 Å². The highest BCUT2D eigenvalue weighted by Gasteiger charge is 2.22. The molecular weight excluding hydrogens is 873 g/mol. The summed E-state index contributed by atoms with van der Waals surface area (Å²) in [4.78, 5) is 0. The van der Waals surface area contributed by atoms with E-state index in [0.717, 1.165) is 54.7 Å². The third-order valence-electron chi connectivity index (χ3n) is 13.5. The molecule has 0 aromatic heterocycles. The van der Waals surface area contributed by atoms with E-state index in [4.69, 9.17) is 4.74 Å². The summed E-state index contributed by atoms with van der Waals surface area (Å²) in [5, 5.41) is 12.8. The van der Waals surface area contributed by atoms with Crippen LogP contribution in [0.5, 0.6) is 5.75 Å². The maximum absolute atomic E-state index is 10.1. The zero-order valence-electron chi connectivity index (χ0n) is 49.5. The van der Waals surface area contributed by atoms with Crippen LogP contribution in [-0.2, 0) is 10.8 Å². The minimum Gasteiger partial charge on any atom is -0.493 e. The van der Waals surface area contributed by atoms with Crippen LogP contribution in [-0.4, -0.2) is 11.7 Å². The van der Waals surface area contributed by atoms with E-state index >= 15 is 0 Å². The Morgan fingerprint density at radius 1 is 0.389 bits per heavy atom. The van der Waals surface area contributed by atoms with E-state index in [1.807, 2.05) is 13.8 Å². The quantitative estimate of drug-likeness (QED) is 0.161. The van der Waals surface area contributed by atoms with Gasteiger partial charge in [-0.15, -0.1) is 0 Å². The van der Waals surface area contributed by atoms with E-state index in [-0.39, 0.29) is 16.9 Å². The summed E-state index contributed by atoms with van der Waals surface area (Å²) in [6.07, 6.45) is 3.69. The zero-order valence-corrected chi connectivity index (χ0v) is 49.5. The summed E-state index contributed by atoms with van der Waals surface area (Å²) in [6.45, 7) is 48.6. The topological polar surface area (TPSA) is 29.5 Å². The number of aryl methyl sites for hydroxylation is 14. The average molecular weight is 972 g/mol. The number of ether oxygens (including phenoxy) is 1. The average Bonchev–Trinajstić information content (AvgIpc) is 3.29. The van der Waals surface area contributed by atoms with Crippen LogP contribution in [0, 0.1) is 96.9 Å². The van der Waals surface area contributed by atoms with Gasteiger partial charge in [0.2, 0.25) is 0 Å². The molecule has 2 heteroatoms. The van der Waals surface area contributed by atoms with Crippen molar-refractivity contribution in [1.82, 2.24) is 0 Å². The van der Waals surface area contributed by atoms with Crippen molar-refractivity contribution in [2.45, 2.75) is 195 Å². The molecule has 0 spiro atoms. The molecule has 7 aromatic carbocycles. The summed E-state index contributed by atoms with van der Waals surface area (Å²) in [5.41, 5.74) is 23.2. The number of aliphatic hydroxyl groups is 1. The van der Waals surface area contributed by atoms with Gasteiger partial charge in [-0.3, -0.25) is 0 Å². The molecule has 0 bridgehead atoms. The molecule has 7 aromatic rings. The fraction of sp³-hybridized carbons (Fsp3) is 0.429. The molecule has 7 rings (SSSR count). The third kappa shape index (κ3) is 21.0. The van der Waals surface area contributed by atoms with Gasteiger partial charge >= 0.3 is 0 Å². The maximum Gasteiger partial charge on any atom is 0.122 e. The number of rotatable bonds is 7. The van der Waals surface area contributed by atoms with Gasteiger partial charge in [0.25, 0.3) is 0 Å². The lowest BCUT2D eigenvalue weighted by molar-refractivity contribution is 0.165. The molecule has 0 saturated carbocycles. The first-order chi connectivity index (χ1) is 33.6. The summed E-state index contributed by atoms with van der Waals surface area (Å²) in [7, 11) is 0. The van der Waals surface area contributed by atoms with Crippen molar-refractivity contribution in [2.24, 2.45) is 0 Å². The summed E-state index contributed by atoms with van der Waals surface area (Å²) in [6, 6.07) is 43.0. The Hall–Kier alpha value is -5.44. The van der Waals surface area contributed by atoms with Crippen molar-refractivity contribution >= 4 is 10.8 Å². The Morgan fingerprint density at radius 2 is 0.792 bits per heavy atom. The van der Waals surface area contributed by atoms with E-state index < -0.39 is 0 Å². The number of hydrogen-bond acceptors (Lipinski definition) is 2. The molecule has 0 fully saturated rings. The minimum absolute atomic E-state index is 0.241. The number of hydrogen-bond donors (Lipinski definition) is 1. The smallest absolute Gasteiger partial charge is 0.122 e. The van der Waals surface area contributed by atoms with Crippen LogP contribution in [0.2, 0.25) is 0 Å². The first-order valence-electron chi connectivity index (χ1n) is 26.7. The molecule has 72 heavy (non-hydrogen) atoms. The summed E-state index contributed by atoms with van der Waals surface area (Å²) in [5.74, 6) is 0.952. The number of unbranched alkanes of at least 4 members (excludes halogenated alkanes) is 1. The molecule has 1 N–H and O–H groups in total. The van der Waals surface area contributed by atoms with Crippen LogP contribution in [0.3, 0.4) is 0 Å². The summed E-state index contributed by atoms with van der Waals surface area (Å²) >= 11 is 0.